The summed E-state index contributed by atoms with van der Waals surface area (Å²) in [6, 6.07) is 11.2. The van der Waals surface area contributed by atoms with Gasteiger partial charge in [0.25, 0.3) is 11.5 Å². The van der Waals surface area contributed by atoms with Crippen LogP contribution in [-0.4, -0.2) is 25.1 Å². The SMILES string of the molecule is Cn1c(C(=O)Nc2nccs2)cc2ccc(=O)n(-c3ccc(O)cc3)c21. The number of aromatic hydroxyl groups is 1. The van der Waals surface area contributed by atoms with E-state index < -0.39 is 0 Å². The van der Waals surface area contributed by atoms with E-state index in [1.54, 1.807) is 47.5 Å². The van der Waals surface area contributed by atoms with Crippen LogP contribution in [0.25, 0.3) is 16.7 Å². The lowest BCUT2D eigenvalue weighted by Gasteiger charge is -2.11. The van der Waals surface area contributed by atoms with Gasteiger partial charge in [0.05, 0.1) is 5.69 Å². The first-order chi connectivity index (χ1) is 12.5. The number of benzene rings is 1. The maximum absolute atomic E-state index is 12.6. The molecule has 3 aromatic heterocycles. The molecular weight excluding hydrogens is 352 g/mol. The highest BCUT2D eigenvalue weighted by atomic mass is 32.1. The third kappa shape index (κ3) is 2.66. The van der Waals surface area contributed by atoms with Crippen molar-refractivity contribution < 1.29 is 9.90 Å². The van der Waals surface area contributed by atoms with Gasteiger partial charge in [-0.15, -0.1) is 11.3 Å². The van der Waals surface area contributed by atoms with Crippen LogP contribution in [0.15, 0.2) is 58.8 Å². The van der Waals surface area contributed by atoms with Gasteiger partial charge in [0.2, 0.25) is 0 Å². The van der Waals surface area contributed by atoms with Gasteiger partial charge in [-0.2, -0.15) is 0 Å². The van der Waals surface area contributed by atoms with Gasteiger partial charge in [0, 0.05) is 30.1 Å². The van der Waals surface area contributed by atoms with E-state index in [9.17, 15) is 14.7 Å². The van der Waals surface area contributed by atoms with Crippen LogP contribution in [0.2, 0.25) is 0 Å². The van der Waals surface area contributed by atoms with Crippen LogP contribution in [-0.2, 0) is 7.05 Å². The molecule has 26 heavy (non-hydrogen) atoms. The predicted octanol–water partition coefficient (Wildman–Crippen LogP) is 2.74. The summed E-state index contributed by atoms with van der Waals surface area (Å²) in [5, 5.41) is 15.3. The summed E-state index contributed by atoms with van der Waals surface area (Å²) in [6.45, 7) is 0. The summed E-state index contributed by atoms with van der Waals surface area (Å²) in [6.07, 6.45) is 1.62. The monoisotopic (exact) mass is 366 g/mol. The van der Waals surface area contributed by atoms with Gasteiger partial charge in [-0.25, -0.2) is 4.98 Å². The standard InChI is InChI=1S/C18H14N4O3S/c1-21-14(16(25)20-18-19-8-9-26-18)10-11-2-7-15(24)22(17(11)21)12-3-5-13(23)6-4-12/h2-10,23H,1H3,(H,19,20,25). The number of hydrogen-bond donors (Lipinski definition) is 2. The van der Waals surface area contributed by atoms with Crippen molar-refractivity contribution >= 4 is 33.4 Å². The molecule has 130 valence electrons. The quantitative estimate of drug-likeness (QED) is 0.583. The number of amides is 1. The summed E-state index contributed by atoms with van der Waals surface area (Å²) < 4.78 is 3.18. The average Bonchev–Trinajstić information content (AvgIpc) is 3.24. The number of nitrogens with zero attached hydrogens (tertiary/aromatic N) is 3. The van der Waals surface area contributed by atoms with Crippen molar-refractivity contribution in [3.63, 3.8) is 0 Å². The number of aromatic nitrogens is 3. The Hall–Kier alpha value is -3.39. The van der Waals surface area contributed by atoms with E-state index in [0.29, 0.717) is 22.2 Å². The van der Waals surface area contributed by atoms with Crippen LogP contribution >= 0.6 is 11.3 Å². The van der Waals surface area contributed by atoms with E-state index in [0.717, 1.165) is 5.39 Å². The molecule has 0 saturated heterocycles. The molecular formula is C18H14N4O3S. The lowest BCUT2D eigenvalue weighted by atomic mass is 10.2. The lowest BCUT2D eigenvalue weighted by molar-refractivity contribution is 0.101. The van der Waals surface area contributed by atoms with E-state index in [2.05, 4.69) is 10.3 Å². The van der Waals surface area contributed by atoms with Crippen molar-refractivity contribution in [2.75, 3.05) is 5.32 Å². The first-order valence-corrected chi connectivity index (χ1v) is 8.64. The molecule has 0 atom stereocenters. The van der Waals surface area contributed by atoms with Crippen LogP contribution in [0.5, 0.6) is 5.75 Å². The van der Waals surface area contributed by atoms with Gasteiger partial charge in [-0.1, -0.05) is 0 Å². The highest BCUT2D eigenvalue weighted by Crippen LogP contribution is 2.22. The fourth-order valence-electron chi connectivity index (χ4n) is 2.87. The molecule has 0 aliphatic rings. The first kappa shape index (κ1) is 16.1. The van der Waals surface area contributed by atoms with Crippen molar-refractivity contribution in [1.82, 2.24) is 14.1 Å². The Labute approximate surface area is 151 Å². The van der Waals surface area contributed by atoms with E-state index >= 15 is 0 Å². The largest absolute Gasteiger partial charge is 0.508 e. The second-order valence-corrected chi connectivity index (χ2v) is 6.58. The van der Waals surface area contributed by atoms with Crippen LogP contribution in [0.3, 0.4) is 0 Å². The zero-order valence-electron chi connectivity index (χ0n) is 13.7. The number of hydrogen-bond acceptors (Lipinski definition) is 5. The Morgan fingerprint density at radius 3 is 2.65 bits per heavy atom. The summed E-state index contributed by atoms with van der Waals surface area (Å²) in [7, 11) is 1.73. The Morgan fingerprint density at radius 1 is 1.19 bits per heavy atom. The van der Waals surface area contributed by atoms with Crippen molar-refractivity contribution in [2.24, 2.45) is 7.05 Å². The fraction of sp³-hybridized carbons (Fsp3) is 0.0556. The highest BCUT2D eigenvalue weighted by Gasteiger charge is 2.18. The normalized spacial score (nSPS) is 11.0. The van der Waals surface area contributed by atoms with Crippen molar-refractivity contribution in [3.8, 4) is 11.4 Å². The smallest absolute Gasteiger partial charge is 0.274 e. The summed E-state index contributed by atoms with van der Waals surface area (Å²) in [4.78, 5) is 29.1. The van der Waals surface area contributed by atoms with Crippen LogP contribution in [0, 0.1) is 0 Å². The molecule has 8 heteroatoms. The molecule has 0 spiro atoms. The minimum Gasteiger partial charge on any atom is -0.508 e. The third-order valence-corrected chi connectivity index (χ3v) is 4.75. The van der Waals surface area contributed by atoms with Crippen molar-refractivity contribution in [3.05, 3.63) is 70.1 Å². The third-order valence-electron chi connectivity index (χ3n) is 4.06. The van der Waals surface area contributed by atoms with E-state index in [-0.39, 0.29) is 17.2 Å². The number of carbonyl (C=O) groups excluding carboxylic acids is 1. The van der Waals surface area contributed by atoms with Crippen LogP contribution in [0.4, 0.5) is 5.13 Å². The molecule has 7 nitrogen and oxygen atoms in total. The van der Waals surface area contributed by atoms with Gasteiger partial charge in [-0.05, 0) is 36.4 Å². The Morgan fingerprint density at radius 2 is 1.96 bits per heavy atom. The van der Waals surface area contributed by atoms with Crippen LogP contribution < -0.4 is 10.9 Å². The van der Waals surface area contributed by atoms with Crippen molar-refractivity contribution in [2.45, 2.75) is 0 Å². The van der Waals surface area contributed by atoms with Crippen molar-refractivity contribution in [1.29, 1.82) is 0 Å². The molecule has 0 unspecified atom stereocenters. The minimum atomic E-state index is -0.302. The molecule has 4 aromatic rings. The molecule has 0 bridgehead atoms. The molecule has 0 aliphatic carbocycles. The van der Waals surface area contributed by atoms with Gasteiger partial charge in [0.1, 0.15) is 17.1 Å². The number of pyridine rings is 1. The molecule has 1 aromatic carbocycles. The molecule has 0 aliphatic heterocycles. The highest BCUT2D eigenvalue weighted by molar-refractivity contribution is 7.13. The number of thiazole rings is 1. The second kappa shape index (κ2) is 6.16. The topological polar surface area (TPSA) is 89.2 Å². The Balaban J connectivity index is 1.87. The maximum Gasteiger partial charge on any atom is 0.274 e. The number of carbonyl (C=O) groups is 1. The number of aryl methyl sites for hydroxylation is 1. The van der Waals surface area contributed by atoms with E-state index in [1.807, 2.05) is 0 Å². The molecule has 0 fully saturated rings. The van der Waals surface area contributed by atoms with Gasteiger partial charge in [0.15, 0.2) is 5.13 Å². The fourth-order valence-corrected chi connectivity index (χ4v) is 3.40. The first-order valence-electron chi connectivity index (χ1n) is 7.76. The Kier molecular flexibility index (Phi) is 3.81. The zero-order valence-corrected chi connectivity index (χ0v) is 14.5. The summed E-state index contributed by atoms with van der Waals surface area (Å²) in [5.74, 6) is -0.187. The number of phenolic OH excluding ortho intramolecular Hbond substituents is 1. The minimum absolute atomic E-state index is 0.115. The summed E-state index contributed by atoms with van der Waals surface area (Å²) >= 11 is 1.33. The number of nitrogens with one attached hydrogen (secondary N) is 1. The number of anilines is 1. The number of fused-ring (bicyclic) bond motifs is 1. The number of rotatable bonds is 3. The molecule has 4 rings (SSSR count). The molecule has 0 radical (unpaired) electrons. The summed E-state index contributed by atoms with van der Waals surface area (Å²) in [5.41, 5.74) is 1.38. The lowest BCUT2D eigenvalue weighted by Crippen LogP contribution is -2.20. The van der Waals surface area contributed by atoms with E-state index in [1.165, 1.54) is 34.1 Å². The molecule has 3 heterocycles. The van der Waals surface area contributed by atoms with Gasteiger partial charge in [-0.3, -0.25) is 19.5 Å². The average molecular weight is 366 g/mol. The molecule has 2 N–H and O–H groups in total. The maximum atomic E-state index is 12.6. The predicted molar refractivity (Wildman–Crippen MR) is 100 cm³/mol. The molecule has 0 saturated carbocycles. The number of phenols is 1. The zero-order chi connectivity index (χ0) is 18.3. The van der Waals surface area contributed by atoms with Gasteiger partial charge >= 0.3 is 0 Å². The second-order valence-electron chi connectivity index (χ2n) is 5.68. The van der Waals surface area contributed by atoms with Gasteiger partial charge < -0.3 is 9.67 Å². The molecule has 1 amide bonds. The van der Waals surface area contributed by atoms with Crippen LogP contribution in [0.1, 0.15) is 10.5 Å². The van der Waals surface area contributed by atoms with E-state index in [4.69, 9.17) is 0 Å². The Bertz CT molecular complexity index is 1160.